The van der Waals surface area contributed by atoms with Crippen LogP contribution in [0.5, 0.6) is 0 Å². The van der Waals surface area contributed by atoms with E-state index in [1.165, 1.54) is 4.90 Å². The van der Waals surface area contributed by atoms with Crippen molar-refractivity contribution in [1.29, 1.82) is 0 Å². The highest BCUT2D eigenvalue weighted by molar-refractivity contribution is 5.50. The quantitative estimate of drug-likeness (QED) is 0.836. The molecule has 0 bridgehead atoms. The van der Waals surface area contributed by atoms with Crippen LogP contribution in [-0.2, 0) is 0 Å². The molecule has 118 valence electrons. The summed E-state index contributed by atoms with van der Waals surface area (Å²) in [6, 6.07) is 1.61. The summed E-state index contributed by atoms with van der Waals surface area (Å²) >= 11 is 0. The van der Waals surface area contributed by atoms with E-state index in [1.807, 2.05) is 6.92 Å². The highest BCUT2D eigenvalue weighted by Crippen LogP contribution is 2.39. The molecule has 1 N–H and O–H groups in total. The Hall–Kier alpha value is -1.53. The second kappa shape index (κ2) is 6.49. The number of hydrogen-bond donors (Lipinski definition) is 1. The molecule has 1 aliphatic rings. The van der Waals surface area contributed by atoms with Crippen LogP contribution in [0.15, 0.2) is 6.07 Å². The molecule has 0 unspecified atom stereocenters. The Kier molecular flexibility index (Phi) is 4.90. The molecule has 0 aliphatic heterocycles. The van der Waals surface area contributed by atoms with Gasteiger partial charge in [-0.2, -0.15) is 13.2 Å². The largest absolute Gasteiger partial charge is 0.405 e. The summed E-state index contributed by atoms with van der Waals surface area (Å²) in [5.74, 6) is 1.93. The van der Waals surface area contributed by atoms with Gasteiger partial charge < -0.3 is 10.2 Å². The molecule has 1 saturated carbocycles. The van der Waals surface area contributed by atoms with Crippen LogP contribution in [0.3, 0.4) is 0 Å². The van der Waals surface area contributed by atoms with Crippen molar-refractivity contribution in [3.05, 3.63) is 11.9 Å². The van der Waals surface area contributed by atoms with Crippen LogP contribution in [0.1, 0.15) is 44.9 Å². The third-order valence-corrected chi connectivity index (χ3v) is 3.30. The van der Waals surface area contributed by atoms with Gasteiger partial charge in [0.15, 0.2) is 0 Å². The Labute approximate surface area is 122 Å². The summed E-state index contributed by atoms with van der Waals surface area (Å²) in [4.78, 5) is 9.99. The van der Waals surface area contributed by atoms with E-state index >= 15 is 0 Å². The SMILES string of the molecule is CCCNc1cc(N(CC)CC(F)(F)F)nc(C2CC2)n1. The summed E-state index contributed by atoms with van der Waals surface area (Å²) < 4.78 is 38.0. The van der Waals surface area contributed by atoms with Crippen LogP contribution < -0.4 is 10.2 Å². The topological polar surface area (TPSA) is 41.0 Å². The number of hydrogen-bond acceptors (Lipinski definition) is 4. The maximum atomic E-state index is 12.7. The maximum Gasteiger partial charge on any atom is 0.405 e. The molecule has 4 nitrogen and oxygen atoms in total. The molecule has 1 aromatic heterocycles. The van der Waals surface area contributed by atoms with Gasteiger partial charge in [0.05, 0.1) is 0 Å². The fraction of sp³-hybridized carbons (Fsp3) is 0.714. The van der Waals surface area contributed by atoms with Crippen LogP contribution in [-0.4, -0.2) is 35.8 Å². The fourth-order valence-electron chi connectivity index (χ4n) is 2.05. The monoisotopic (exact) mass is 302 g/mol. The molecule has 1 heterocycles. The lowest BCUT2D eigenvalue weighted by molar-refractivity contribution is -0.119. The number of aromatic nitrogens is 2. The number of rotatable bonds is 7. The van der Waals surface area contributed by atoms with Gasteiger partial charge in [0.1, 0.15) is 24.0 Å². The van der Waals surface area contributed by atoms with Gasteiger partial charge >= 0.3 is 6.18 Å². The first kappa shape index (κ1) is 15.9. The minimum absolute atomic E-state index is 0.258. The van der Waals surface area contributed by atoms with Crippen molar-refractivity contribution in [2.75, 3.05) is 29.9 Å². The second-order valence-electron chi connectivity index (χ2n) is 5.30. The van der Waals surface area contributed by atoms with Crippen molar-refractivity contribution in [1.82, 2.24) is 9.97 Å². The second-order valence-corrected chi connectivity index (χ2v) is 5.30. The van der Waals surface area contributed by atoms with E-state index in [2.05, 4.69) is 15.3 Å². The average Bonchev–Trinajstić information content (AvgIpc) is 3.25. The molecule has 0 saturated heterocycles. The molecule has 21 heavy (non-hydrogen) atoms. The molecule has 1 aromatic rings. The van der Waals surface area contributed by atoms with E-state index < -0.39 is 12.7 Å². The minimum Gasteiger partial charge on any atom is -0.370 e. The predicted octanol–water partition coefficient (Wildman–Crippen LogP) is 3.56. The Morgan fingerprint density at radius 3 is 2.52 bits per heavy atom. The fourth-order valence-corrected chi connectivity index (χ4v) is 2.05. The molecule has 2 rings (SSSR count). The Balaban J connectivity index is 2.24. The first-order valence-corrected chi connectivity index (χ1v) is 7.37. The van der Waals surface area contributed by atoms with Crippen LogP contribution in [0.4, 0.5) is 24.8 Å². The Morgan fingerprint density at radius 1 is 1.29 bits per heavy atom. The number of alkyl halides is 3. The van der Waals surface area contributed by atoms with Crippen LogP contribution >= 0.6 is 0 Å². The zero-order chi connectivity index (χ0) is 15.5. The Bertz CT molecular complexity index is 472. The van der Waals surface area contributed by atoms with E-state index in [-0.39, 0.29) is 6.54 Å². The minimum atomic E-state index is -4.24. The van der Waals surface area contributed by atoms with Gasteiger partial charge in [0, 0.05) is 25.1 Å². The molecule has 0 spiro atoms. The predicted molar refractivity (Wildman–Crippen MR) is 76.7 cm³/mol. The van der Waals surface area contributed by atoms with Gasteiger partial charge in [0.2, 0.25) is 0 Å². The third kappa shape index (κ3) is 4.75. The molecule has 0 atom stereocenters. The number of nitrogens with one attached hydrogen (secondary N) is 1. The summed E-state index contributed by atoms with van der Waals surface area (Å²) in [7, 11) is 0. The van der Waals surface area contributed by atoms with E-state index in [0.717, 1.165) is 25.8 Å². The smallest absolute Gasteiger partial charge is 0.370 e. The molecular formula is C14H21F3N4. The lowest BCUT2D eigenvalue weighted by Gasteiger charge is -2.24. The maximum absolute atomic E-state index is 12.7. The Morgan fingerprint density at radius 2 is 2.00 bits per heavy atom. The summed E-state index contributed by atoms with van der Waals surface area (Å²) in [5.41, 5.74) is 0. The third-order valence-electron chi connectivity index (χ3n) is 3.30. The lowest BCUT2D eigenvalue weighted by Crippen LogP contribution is -2.35. The highest BCUT2D eigenvalue weighted by atomic mass is 19.4. The zero-order valence-corrected chi connectivity index (χ0v) is 12.4. The molecule has 0 amide bonds. The first-order chi connectivity index (χ1) is 9.93. The highest BCUT2D eigenvalue weighted by Gasteiger charge is 2.32. The normalized spacial score (nSPS) is 15.1. The summed E-state index contributed by atoms with van der Waals surface area (Å²) in [5, 5.41) is 3.14. The van der Waals surface area contributed by atoms with E-state index in [0.29, 0.717) is 23.4 Å². The first-order valence-electron chi connectivity index (χ1n) is 7.37. The molecule has 1 aliphatic carbocycles. The van der Waals surface area contributed by atoms with E-state index in [9.17, 15) is 13.2 Å². The van der Waals surface area contributed by atoms with Crippen molar-refractivity contribution in [3.8, 4) is 0 Å². The standard InChI is InChI=1S/C14H21F3N4/c1-3-7-18-11-8-12(20-13(19-11)10-5-6-10)21(4-2)9-14(15,16)17/h8,10H,3-7,9H2,1-2H3,(H,18,19,20). The van der Waals surface area contributed by atoms with Crippen LogP contribution in [0.25, 0.3) is 0 Å². The zero-order valence-electron chi connectivity index (χ0n) is 12.4. The van der Waals surface area contributed by atoms with Gasteiger partial charge in [0.25, 0.3) is 0 Å². The van der Waals surface area contributed by atoms with Crippen molar-refractivity contribution in [2.45, 2.75) is 45.2 Å². The van der Waals surface area contributed by atoms with Gasteiger partial charge in [-0.3, -0.25) is 0 Å². The molecular weight excluding hydrogens is 281 g/mol. The summed E-state index contributed by atoms with van der Waals surface area (Å²) in [6.45, 7) is 3.74. The molecule has 0 aromatic carbocycles. The van der Waals surface area contributed by atoms with Crippen molar-refractivity contribution < 1.29 is 13.2 Å². The van der Waals surface area contributed by atoms with Gasteiger partial charge in [-0.25, -0.2) is 9.97 Å². The molecule has 1 fully saturated rings. The van der Waals surface area contributed by atoms with Crippen LogP contribution in [0.2, 0.25) is 0 Å². The van der Waals surface area contributed by atoms with Crippen molar-refractivity contribution in [2.24, 2.45) is 0 Å². The van der Waals surface area contributed by atoms with Gasteiger partial charge in [-0.05, 0) is 26.2 Å². The lowest BCUT2D eigenvalue weighted by atomic mass is 10.3. The summed E-state index contributed by atoms with van der Waals surface area (Å²) in [6.07, 6.45) is -1.28. The number of halogens is 3. The molecule has 7 heteroatoms. The molecule has 0 radical (unpaired) electrons. The van der Waals surface area contributed by atoms with Crippen molar-refractivity contribution in [3.63, 3.8) is 0 Å². The van der Waals surface area contributed by atoms with Crippen molar-refractivity contribution >= 4 is 11.6 Å². The number of anilines is 2. The average molecular weight is 302 g/mol. The van der Waals surface area contributed by atoms with Crippen LogP contribution in [0, 0.1) is 0 Å². The van der Waals surface area contributed by atoms with Gasteiger partial charge in [-0.1, -0.05) is 6.92 Å². The van der Waals surface area contributed by atoms with E-state index in [1.54, 1.807) is 13.0 Å². The van der Waals surface area contributed by atoms with Gasteiger partial charge in [-0.15, -0.1) is 0 Å². The number of nitrogens with zero attached hydrogens (tertiary/aromatic N) is 3. The van der Waals surface area contributed by atoms with E-state index in [4.69, 9.17) is 0 Å².